The molecule has 0 unspecified atom stereocenters. The van der Waals surface area contributed by atoms with Gasteiger partial charge in [0, 0.05) is 31.8 Å². The number of rotatable bonds is 9. The Labute approximate surface area is 163 Å². The largest absolute Gasteiger partial charge is 0.497 e. The molecule has 0 aromatic heterocycles. The molecule has 1 saturated carbocycles. The van der Waals surface area contributed by atoms with Gasteiger partial charge in [-0.25, -0.2) is 0 Å². The van der Waals surface area contributed by atoms with E-state index in [0.29, 0.717) is 17.4 Å². The average molecular weight is 375 g/mol. The molecule has 0 aliphatic heterocycles. The van der Waals surface area contributed by atoms with Gasteiger partial charge in [0.15, 0.2) is 0 Å². The first kappa shape index (κ1) is 21.3. The van der Waals surface area contributed by atoms with Crippen LogP contribution in [0.25, 0.3) is 6.08 Å². The van der Waals surface area contributed by atoms with E-state index in [2.05, 4.69) is 4.90 Å². The van der Waals surface area contributed by atoms with E-state index in [-0.39, 0.29) is 5.91 Å². The first-order chi connectivity index (χ1) is 13.0. The van der Waals surface area contributed by atoms with E-state index in [1.807, 2.05) is 43.3 Å². The monoisotopic (exact) mass is 374 g/mol. The van der Waals surface area contributed by atoms with Crippen molar-refractivity contribution in [1.29, 1.82) is 0 Å². The number of ether oxygens (including phenoxy) is 2. The van der Waals surface area contributed by atoms with E-state index in [1.54, 1.807) is 20.3 Å². The van der Waals surface area contributed by atoms with E-state index in [4.69, 9.17) is 9.47 Å². The number of nitrogens with zero attached hydrogens (tertiary/aromatic N) is 2. The molecule has 27 heavy (non-hydrogen) atoms. The highest BCUT2D eigenvalue weighted by molar-refractivity contribution is 5.92. The Morgan fingerprint density at radius 1 is 1.04 bits per heavy atom. The molecular weight excluding hydrogens is 340 g/mol. The SMILES string of the molecule is COc1cc(/C=C/C(=O)N(CCN(C)C)CC2CCCCC2)cc(OC)c1. The molecule has 0 spiro atoms. The maximum absolute atomic E-state index is 12.9. The number of methoxy groups -OCH3 is 2. The van der Waals surface area contributed by atoms with E-state index in [9.17, 15) is 4.79 Å². The number of hydrogen-bond acceptors (Lipinski definition) is 4. The predicted molar refractivity (Wildman–Crippen MR) is 110 cm³/mol. The first-order valence-electron chi connectivity index (χ1n) is 9.86. The van der Waals surface area contributed by atoms with Crippen molar-refractivity contribution < 1.29 is 14.3 Å². The summed E-state index contributed by atoms with van der Waals surface area (Å²) in [6.07, 6.45) is 9.91. The number of carbonyl (C=O) groups is 1. The summed E-state index contributed by atoms with van der Waals surface area (Å²) in [6.45, 7) is 2.49. The fraction of sp³-hybridized carbons (Fsp3) is 0.591. The summed E-state index contributed by atoms with van der Waals surface area (Å²) in [5, 5.41) is 0. The van der Waals surface area contributed by atoms with Crippen molar-refractivity contribution in [3.63, 3.8) is 0 Å². The van der Waals surface area contributed by atoms with Crippen LogP contribution in [0.4, 0.5) is 0 Å². The van der Waals surface area contributed by atoms with Gasteiger partial charge in [-0.2, -0.15) is 0 Å². The van der Waals surface area contributed by atoms with E-state index >= 15 is 0 Å². The highest BCUT2D eigenvalue weighted by Gasteiger charge is 2.19. The van der Waals surface area contributed by atoms with Crippen molar-refractivity contribution in [3.8, 4) is 11.5 Å². The minimum atomic E-state index is 0.0733. The topological polar surface area (TPSA) is 42.0 Å². The van der Waals surface area contributed by atoms with Crippen LogP contribution < -0.4 is 9.47 Å². The van der Waals surface area contributed by atoms with Crippen LogP contribution in [0.5, 0.6) is 11.5 Å². The zero-order valence-corrected chi connectivity index (χ0v) is 17.2. The van der Waals surface area contributed by atoms with Crippen molar-refractivity contribution in [2.24, 2.45) is 5.92 Å². The second-order valence-corrected chi connectivity index (χ2v) is 7.57. The van der Waals surface area contributed by atoms with Gasteiger partial charge in [-0.15, -0.1) is 0 Å². The summed E-state index contributed by atoms with van der Waals surface area (Å²) in [5.41, 5.74) is 0.893. The lowest BCUT2D eigenvalue weighted by atomic mass is 9.89. The van der Waals surface area contributed by atoms with Crippen LogP contribution in [0.3, 0.4) is 0 Å². The normalized spacial score (nSPS) is 15.3. The zero-order chi connectivity index (χ0) is 19.6. The summed E-state index contributed by atoms with van der Waals surface area (Å²) in [6, 6.07) is 5.63. The minimum Gasteiger partial charge on any atom is -0.497 e. The number of benzene rings is 1. The molecule has 1 aromatic rings. The Hall–Kier alpha value is -2.01. The predicted octanol–water partition coefficient (Wildman–Crippen LogP) is 3.69. The summed E-state index contributed by atoms with van der Waals surface area (Å²) in [7, 11) is 7.34. The van der Waals surface area contributed by atoms with Gasteiger partial charge in [0.05, 0.1) is 14.2 Å². The highest BCUT2D eigenvalue weighted by Crippen LogP contribution is 2.25. The van der Waals surface area contributed by atoms with Crippen LogP contribution in [0.1, 0.15) is 37.7 Å². The second-order valence-electron chi connectivity index (χ2n) is 7.57. The Morgan fingerprint density at radius 3 is 2.22 bits per heavy atom. The number of amides is 1. The molecule has 0 heterocycles. The molecule has 150 valence electrons. The molecule has 1 aliphatic carbocycles. The molecule has 0 saturated heterocycles. The third-order valence-corrected chi connectivity index (χ3v) is 5.12. The Morgan fingerprint density at radius 2 is 1.67 bits per heavy atom. The van der Waals surface area contributed by atoms with Crippen molar-refractivity contribution >= 4 is 12.0 Å². The van der Waals surface area contributed by atoms with E-state index < -0.39 is 0 Å². The fourth-order valence-electron chi connectivity index (χ4n) is 3.49. The van der Waals surface area contributed by atoms with Crippen molar-refractivity contribution in [3.05, 3.63) is 29.8 Å². The lowest BCUT2D eigenvalue weighted by molar-refractivity contribution is -0.126. The Balaban J connectivity index is 2.07. The van der Waals surface area contributed by atoms with E-state index in [1.165, 1.54) is 32.1 Å². The van der Waals surface area contributed by atoms with Gasteiger partial charge in [0.2, 0.25) is 5.91 Å². The minimum absolute atomic E-state index is 0.0733. The lowest BCUT2D eigenvalue weighted by Crippen LogP contribution is -2.39. The average Bonchev–Trinajstić information content (AvgIpc) is 2.69. The summed E-state index contributed by atoms with van der Waals surface area (Å²) >= 11 is 0. The van der Waals surface area contributed by atoms with Crippen LogP contribution in [0.2, 0.25) is 0 Å². The number of carbonyl (C=O) groups excluding carboxylic acids is 1. The Kier molecular flexibility index (Phi) is 8.65. The molecule has 0 radical (unpaired) electrons. The third-order valence-electron chi connectivity index (χ3n) is 5.12. The highest BCUT2D eigenvalue weighted by atomic mass is 16.5. The Bertz CT molecular complexity index is 600. The second kappa shape index (κ2) is 11.0. The zero-order valence-electron chi connectivity index (χ0n) is 17.2. The standard InChI is InChI=1S/C22H34N2O3/c1-23(2)12-13-24(17-18-8-6-5-7-9-18)22(25)11-10-19-14-20(26-3)16-21(15-19)27-4/h10-11,14-16,18H,5-9,12-13,17H2,1-4H3/b11-10+. The van der Waals surface area contributed by atoms with Gasteiger partial charge in [-0.05, 0) is 56.6 Å². The number of hydrogen-bond donors (Lipinski definition) is 0. The van der Waals surface area contributed by atoms with Crippen molar-refractivity contribution in [1.82, 2.24) is 9.80 Å². The maximum Gasteiger partial charge on any atom is 0.246 e. The maximum atomic E-state index is 12.9. The quantitative estimate of drug-likeness (QED) is 0.618. The van der Waals surface area contributed by atoms with Crippen molar-refractivity contribution in [2.45, 2.75) is 32.1 Å². The molecule has 0 N–H and O–H groups in total. The molecule has 0 atom stereocenters. The van der Waals surface area contributed by atoms with Gasteiger partial charge in [0.1, 0.15) is 11.5 Å². The van der Waals surface area contributed by atoms with Crippen LogP contribution in [0.15, 0.2) is 24.3 Å². The lowest BCUT2D eigenvalue weighted by Gasteiger charge is -2.30. The van der Waals surface area contributed by atoms with Crippen LogP contribution in [0, 0.1) is 5.92 Å². The van der Waals surface area contributed by atoms with Crippen LogP contribution in [-0.2, 0) is 4.79 Å². The third kappa shape index (κ3) is 7.25. The molecule has 1 fully saturated rings. The van der Waals surface area contributed by atoms with E-state index in [0.717, 1.165) is 25.2 Å². The molecule has 2 rings (SSSR count). The molecule has 5 nitrogen and oxygen atoms in total. The van der Waals surface area contributed by atoms with Gasteiger partial charge in [-0.1, -0.05) is 19.3 Å². The van der Waals surface area contributed by atoms with Gasteiger partial charge in [-0.3, -0.25) is 4.79 Å². The summed E-state index contributed by atoms with van der Waals surface area (Å²) in [4.78, 5) is 17.0. The molecule has 1 amide bonds. The number of likely N-dealkylation sites (N-methyl/N-ethyl adjacent to an activating group) is 1. The van der Waals surface area contributed by atoms with Gasteiger partial charge in [0.25, 0.3) is 0 Å². The summed E-state index contributed by atoms with van der Waals surface area (Å²) < 4.78 is 10.6. The molecule has 1 aromatic carbocycles. The van der Waals surface area contributed by atoms with Crippen LogP contribution >= 0.6 is 0 Å². The molecule has 5 heteroatoms. The smallest absolute Gasteiger partial charge is 0.246 e. The molecular formula is C22H34N2O3. The van der Waals surface area contributed by atoms with Crippen LogP contribution in [-0.4, -0.2) is 63.7 Å². The first-order valence-corrected chi connectivity index (χ1v) is 9.86. The van der Waals surface area contributed by atoms with Crippen molar-refractivity contribution in [2.75, 3.05) is 47.9 Å². The van der Waals surface area contributed by atoms with Gasteiger partial charge < -0.3 is 19.3 Å². The van der Waals surface area contributed by atoms with Gasteiger partial charge >= 0.3 is 0 Å². The fourth-order valence-corrected chi connectivity index (χ4v) is 3.49. The molecule has 1 aliphatic rings. The summed E-state index contributed by atoms with van der Waals surface area (Å²) in [5.74, 6) is 2.14. The molecule has 0 bridgehead atoms.